The van der Waals surface area contributed by atoms with Crippen LogP contribution in [0.5, 0.6) is 0 Å². The van der Waals surface area contributed by atoms with E-state index in [9.17, 15) is 8.78 Å². The van der Waals surface area contributed by atoms with Gasteiger partial charge in [-0.1, -0.05) is 6.07 Å². The molecule has 0 aromatic heterocycles. The van der Waals surface area contributed by atoms with Crippen LogP contribution in [0.4, 0.5) is 8.78 Å². The molecule has 0 aliphatic rings. The second-order valence-electron chi connectivity index (χ2n) is 2.46. The maximum Gasteiger partial charge on any atom is 0.159 e. The molecule has 1 atom stereocenters. The van der Waals surface area contributed by atoms with Gasteiger partial charge in [-0.05, 0) is 30.9 Å². The van der Waals surface area contributed by atoms with Crippen LogP contribution in [0.25, 0.3) is 0 Å². The van der Waals surface area contributed by atoms with E-state index in [-0.39, 0.29) is 6.04 Å². The van der Waals surface area contributed by atoms with E-state index >= 15 is 0 Å². The van der Waals surface area contributed by atoms with Crippen molar-refractivity contribution in [2.75, 3.05) is 6.26 Å². The van der Waals surface area contributed by atoms with E-state index in [0.717, 1.165) is 12.1 Å². The highest BCUT2D eigenvalue weighted by Gasteiger charge is 2.04. The summed E-state index contributed by atoms with van der Waals surface area (Å²) < 4.78 is 24.9. The molecule has 0 amide bonds. The van der Waals surface area contributed by atoms with Gasteiger partial charge in [-0.3, -0.25) is 0 Å². The Morgan fingerprint density at radius 1 is 1.23 bits per heavy atom. The molecule has 2 N–H and O–H groups in total. The molecule has 1 rings (SSSR count). The second kappa shape index (κ2) is 5.94. The summed E-state index contributed by atoms with van der Waals surface area (Å²) in [6, 6.07) is 3.40. The van der Waals surface area contributed by atoms with Gasteiger partial charge < -0.3 is 5.73 Å². The van der Waals surface area contributed by atoms with Crippen LogP contribution < -0.4 is 5.73 Å². The molecule has 0 heterocycles. The van der Waals surface area contributed by atoms with Crippen molar-refractivity contribution in [2.45, 2.75) is 13.0 Å². The van der Waals surface area contributed by atoms with Crippen molar-refractivity contribution in [3.63, 3.8) is 0 Å². The number of rotatable bonds is 1. The first-order chi connectivity index (χ1) is 6.11. The molecule has 1 aromatic rings. The molecule has 0 bridgehead atoms. The quantitative estimate of drug-likeness (QED) is 0.677. The molecule has 0 radical (unpaired) electrons. The lowest BCUT2D eigenvalue weighted by Gasteiger charge is -2.04. The Labute approximate surface area is 82.4 Å². The van der Waals surface area contributed by atoms with Crippen molar-refractivity contribution in [1.82, 2.24) is 0 Å². The summed E-state index contributed by atoms with van der Waals surface area (Å²) in [6.45, 7) is 1.71. The number of halogens is 2. The van der Waals surface area contributed by atoms with Gasteiger partial charge in [0, 0.05) is 6.04 Å². The standard InChI is InChI=1S/C8H9F2N.CH4S/c1-5(11)6-2-3-7(9)8(10)4-6;1-2/h2-5H,11H2,1H3;2H,1H3/t5-;/m0./s1. The van der Waals surface area contributed by atoms with Crippen LogP contribution >= 0.6 is 12.6 Å². The van der Waals surface area contributed by atoms with Crippen molar-refractivity contribution in [1.29, 1.82) is 0 Å². The Balaban J connectivity index is 0.000000671. The van der Waals surface area contributed by atoms with Gasteiger partial charge in [-0.2, -0.15) is 12.6 Å². The Bertz CT molecular complexity index is 264. The summed E-state index contributed by atoms with van der Waals surface area (Å²) >= 11 is 3.53. The third-order valence-electron chi connectivity index (χ3n) is 1.47. The van der Waals surface area contributed by atoms with Gasteiger partial charge in [-0.15, -0.1) is 0 Å². The molecule has 0 aliphatic heterocycles. The molecule has 1 nitrogen and oxygen atoms in total. The summed E-state index contributed by atoms with van der Waals surface area (Å²) in [5.41, 5.74) is 6.04. The fourth-order valence-corrected chi connectivity index (χ4v) is 0.796. The number of hydrogen-bond acceptors (Lipinski definition) is 2. The summed E-state index contributed by atoms with van der Waals surface area (Å²) in [5.74, 6) is -1.69. The summed E-state index contributed by atoms with van der Waals surface area (Å²) in [6.07, 6.45) is 1.69. The Morgan fingerprint density at radius 3 is 2.15 bits per heavy atom. The first kappa shape index (κ1) is 12.4. The molecular weight excluding hydrogens is 192 g/mol. The highest BCUT2D eigenvalue weighted by atomic mass is 32.1. The van der Waals surface area contributed by atoms with Crippen molar-refractivity contribution < 1.29 is 8.78 Å². The molecule has 74 valence electrons. The smallest absolute Gasteiger partial charge is 0.159 e. The molecule has 4 heteroatoms. The number of benzene rings is 1. The molecular formula is C9H13F2NS. The van der Waals surface area contributed by atoms with Crippen LogP contribution in [0.15, 0.2) is 18.2 Å². The second-order valence-corrected chi connectivity index (χ2v) is 2.46. The van der Waals surface area contributed by atoms with Crippen molar-refractivity contribution in [2.24, 2.45) is 5.73 Å². The summed E-state index contributed by atoms with van der Waals surface area (Å²) in [4.78, 5) is 0. The lowest BCUT2D eigenvalue weighted by molar-refractivity contribution is 0.506. The third-order valence-corrected chi connectivity index (χ3v) is 1.47. The highest BCUT2D eigenvalue weighted by molar-refractivity contribution is 7.79. The Morgan fingerprint density at radius 2 is 1.77 bits per heavy atom. The summed E-state index contributed by atoms with van der Waals surface area (Å²) in [7, 11) is 0. The van der Waals surface area contributed by atoms with Crippen LogP contribution in [0, 0.1) is 11.6 Å². The van der Waals surface area contributed by atoms with Gasteiger partial charge in [0.25, 0.3) is 0 Å². The zero-order valence-corrected chi connectivity index (χ0v) is 8.48. The number of hydrogen-bond donors (Lipinski definition) is 2. The van der Waals surface area contributed by atoms with E-state index in [1.54, 1.807) is 13.2 Å². The average molecular weight is 205 g/mol. The molecule has 1 aromatic carbocycles. The number of nitrogens with two attached hydrogens (primary N) is 1. The molecule has 0 saturated carbocycles. The molecule has 0 fully saturated rings. The lowest BCUT2D eigenvalue weighted by atomic mass is 10.1. The fourth-order valence-electron chi connectivity index (χ4n) is 0.796. The highest BCUT2D eigenvalue weighted by Crippen LogP contribution is 2.13. The first-order valence-corrected chi connectivity index (χ1v) is 4.66. The molecule has 0 unspecified atom stereocenters. The molecule has 0 aliphatic carbocycles. The van der Waals surface area contributed by atoms with Gasteiger partial charge >= 0.3 is 0 Å². The van der Waals surface area contributed by atoms with Gasteiger partial charge in [0.2, 0.25) is 0 Å². The fraction of sp³-hybridized carbons (Fsp3) is 0.333. The van der Waals surface area contributed by atoms with E-state index in [1.165, 1.54) is 6.07 Å². The van der Waals surface area contributed by atoms with E-state index in [0.29, 0.717) is 5.56 Å². The third kappa shape index (κ3) is 3.74. The molecule has 13 heavy (non-hydrogen) atoms. The maximum atomic E-state index is 12.5. The maximum absolute atomic E-state index is 12.5. The van der Waals surface area contributed by atoms with Gasteiger partial charge in [0.05, 0.1) is 0 Å². The minimum atomic E-state index is -0.847. The van der Waals surface area contributed by atoms with Crippen LogP contribution in [0.1, 0.15) is 18.5 Å². The SMILES string of the molecule is CS.C[C@H](N)c1ccc(F)c(F)c1. The van der Waals surface area contributed by atoms with Crippen molar-refractivity contribution in [3.05, 3.63) is 35.4 Å². The molecule has 0 spiro atoms. The minimum absolute atomic E-state index is 0.259. The van der Waals surface area contributed by atoms with Crippen LogP contribution in [0.3, 0.4) is 0 Å². The van der Waals surface area contributed by atoms with E-state index in [1.807, 2.05) is 0 Å². The van der Waals surface area contributed by atoms with Crippen LogP contribution in [0.2, 0.25) is 0 Å². The van der Waals surface area contributed by atoms with Crippen LogP contribution in [-0.4, -0.2) is 6.26 Å². The normalized spacial score (nSPS) is 11.5. The van der Waals surface area contributed by atoms with Crippen LogP contribution in [-0.2, 0) is 0 Å². The minimum Gasteiger partial charge on any atom is -0.324 e. The largest absolute Gasteiger partial charge is 0.324 e. The predicted molar refractivity (Wildman–Crippen MR) is 53.9 cm³/mol. The predicted octanol–water partition coefficient (Wildman–Crippen LogP) is 2.53. The monoisotopic (exact) mass is 205 g/mol. The lowest BCUT2D eigenvalue weighted by Crippen LogP contribution is -2.05. The first-order valence-electron chi connectivity index (χ1n) is 3.76. The molecule has 0 saturated heterocycles. The van der Waals surface area contributed by atoms with E-state index < -0.39 is 11.6 Å². The van der Waals surface area contributed by atoms with Gasteiger partial charge in [0.15, 0.2) is 11.6 Å². The Hall–Kier alpha value is -0.610. The van der Waals surface area contributed by atoms with Crippen molar-refractivity contribution >= 4 is 12.6 Å². The summed E-state index contributed by atoms with van der Waals surface area (Å²) in [5, 5.41) is 0. The Kier molecular flexibility index (Phi) is 5.66. The van der Waals surface area contributed by atoms with Gasteiger partial charge in [-0.25, -0.2) is 8.78 Å². The van der Waals surface area contributed by atoms with Crippen molar-refractivity contribution in [3.8, 4) is 0 Å². The van der Waals surface area contributed by atoms with E-state index in [2.05, 4.69) is 12.6 Å². The average Bonchev–Trinajstić information content (AvgIpc) is 2.13. The zero-order chi connectivity index (χ0) is 10.4. The topological polar surface area (TPSA) is 26.0 Å². The zero-order valence-electron chi connectivity index (χ0n) is 7.59. The number of thiol groups is 1. The van der Waals surface area contributed by atoms with Gasteiger partial charge in [0.1, 0.15) is 0 Å². The van der Waals surface area contributed by atoms with E-state index in [4.69, 9.17) is 5.73 Å².